The molecule has 0 saturated carbocycles. The van der Waals surface area contributed by atoms with Gasteiger partial charge in [-0.1, -0.05) is 36.4 Å². The van der Waals surface area contributed by atoms with Crippen LogP contribution in [-0.2, 0) is 24.2 Å². The summed E-state index contributed by atoms with van der Waals surface area (Å²) < 4.78 is 14.5. The van der Waals surface area contributed by atoms with Crippen molar-refractivity contribution >= 4 is 22.9 Å². The van der Waals surface area contributed by atoms with Crippen LogP contribution in [0.4, 0.5) is 4.39 Å². The standard InChI is InChI=1S/C29H31FN4O2/c1-18-26(32-19(2)29(18)30)17-34(14-13-22-16-31-25-6-4-3-5-23(22)25)27-11-9-21-15-20(7-10-24(21)27)8-12-28(35)33-36/h3-8,10,12,15-16,27,31-32,36H,9,11,13-14,17H2,1-2H3,(H,33,35)/b12-8+. The summed E-state index contributed by atoms with van der Waals surface area (Å²) in [6.07, 6.45) is 7.90. The highest BCUT2D eigenvalue weighted by molar-refractivity contribution is 5.90. The van der Waals surface area contributed by atoms with Crippen molar-refractivity contribution in [3.63, 3.8) is 0 Å². The maximum absolute atomic E-state index is 14.5. The van der Waals surface area contributed by atoms with Crippen molar-refractivity contribution in [1.29, 1.82) is 0 Å². The second-order valence-electron chi connectivity index (χ2n) is 9.57. The first-order valence-electron chi connectivity index (χ1n) is 12.3. The number of para-hydroxylation sites is 1. The molecule has 2 heterocycles. The van der Waals surface area contributed by atoms with Gasteiger partial charge in [-0.2, -0.15) is 0 Å². The van der Waals surface area contributed by atoms with Crippen LogP contribution in [-0.4, -0.2) is 32.5 Å². The van der Waals surface area contributed by atoms with Gasteiger partial charge in [0.2, 0.25) is 0 Å². The second-order valence-corrected chi connectivity index (χ2v) is 9.57. The molecule has 0 radical (unpaired) electrons. The Morgan fingerprint density at radius 3 is 2.86 bits per heavy atom. The zero-order valence-electron chi connectivity index (χ0n) is 20.6. The number of rotatable bonds is 8. The molecule has 7 heteroatoms. The van der Waals surface area contributed by atoms with E-state index in [2.05, 4.69) is 51.4 Å². The Morgan fingerprint density at radius 2 is 2.08 bits per heavy atom. The number of nitrogens with zero attached hydrogens (tertiary/aromatic N) is 1. The smallest absolute Gasteiger partial charge is 0.267 e. The molecule has 2 aromatic carbocycles. The van der Waals surface area contributed by atoms with Crippen LogP contribution in [0.25, 0.3) is 17.0 Å². The van der Waals surface area contributed by atoms with E-state index in [9.17, 15) is 9.18 Å². The number of carbonyl (C=O) groups excluding carboxylic acids is 1. The number of benzene rings is 2. The number of hydrogen-bond acceptors (Lipinski definition) is 3. The third-order valence-corrected chi connectivity index (χ3v) is 7.35. The fourth-order valence-corrected chi connectivity index (χ4v) is 5.40. The van der Waals surface area contributed by atoms with Crippen LogP contribution in [0.5, 0.6) is 0 Å². The average Bonchev–Trinajstić information content (AvgIpc) is 3.57. The van der Waals surface area contributed by atoms with E-state index in [1.165, 1.54) is 28.2 Å². The van der Waals surface area contributed by atoms with Crippen LogP contribution in [0, 0.1) is 19.7 Å². The zero-order chi connectivity index (χ0) is 25.2. The Balaban J connectivity index is 1.42. The largest absolute Gasteiger partial charge is 0.361 e. The molecule has 0 fully saturated rings. The van der Waals surface area contributed by atoms with Crippen LogP contribution < -0.4 is 5.48 Å². The number of aromatic amines is 2. The summed E-state index contributed by atoms with van der Waals surface area (Å²) in [5, 5.41) is 9.96. The van der Waals surface area contributed by atoms with Gasteiger partial charge in [0, 0.05) is 59.3 Å². The van der Waals surface area contributed by atoms with Gasteiger partial charge in [0.25, 0.3) is 5.91 Å². The van der Waals surface area contributed by atoms with Crippen molar-refractivity contribution in [2.75, 3.05) is 6.54 Å². The lowest BCUT2D eigenvalue weighted by Crippen LogP contribution is -2.30. The number of carbonyl (C=O) groups is 1. The summed E-state index contributed by atoms with van der Waals surface area (Å²) in [5.41, 5.74) is 9.67. The zero-order valence-corrected chi connectivity index (χ0v) is 20.6. The van der Waals surface area contributed by atoms with E-state index < -0.39 is 5.91 Å². The lowest BCUT2D eigenvalue weighted by molar-refractivity contribution is -0.124. The summed E-state index contributed by atoms with van der Waals surface area (Å²) >= 11 is 0. The van der Waals surface area contributed by atoms with Gasteiger partial charge >= 0.3 is 0 Å². The van der Waals surface area contributed by atoms with E-state index >= 15 is 0 Å². The minimum absolute atomic E-state index is 0.156. The number of aromatic nitrogens is 2. The molecule has 5 rings (SSSR count). The molecule has 1 unspecified atom stereocenters. The number of hydroxylamine groups is 1. The molecule has 1 amide bonds. The molecular formula is C29H31FN4O2. The predicted octanol–water partition coefficient (Wildman–Crippen LogP) is 5.50. The summed E-state index contributed by atoms with van der Waals surface area (Å²) in [4.78, 5) is 20.4. The van der Waals surface area contributed by atoms with E-state index in [1.807, 2.05) is 19.1 Å². The Hall–Kier alpha value is -3.68. The van der Waals surface area contributed by atoms with Crippen molar-refractivity contribution in [1.82, 2.24) is 20.3 Å². The number of halogens is 1. The molecule has 1 aliphatic rings. The highest BCUT2D eigenvalue weighted by Crippen LogP contribution is 2.38. The summed E-state index contributed by atoms with van der Waals surface area (Å²) in [6, 6.07) is 14.8. The number of nitrogens with one attached hydrogen (secondary N) is 3. The van der Waals surface area contributed by atoms with E-state index in [0.717, 1.165) is 42.6 Å². The van der Waals surface area contributed by atoms with E-state index in [0.29, 0.717) is 17.8 Å². The van der Waals surface area contributed by atoms with E-state index in [4.69, 9.17) is 5.21 Å². The number of hydrogen-bond donors (Lipinski definition) is 4. The second kappa shape index (κ2) is 10.1. The minimum atomic E-state index is -0.555. The van der Waals surface area contributed by atoms with Gasteiger partial charge in [0.15, 0.2) is 0 Å². The van der Waals surface area contributed by atoms with Crippen molar-refractivity contribution in [3.05, 3.63) is 99.8 Å². The maximum atomic E-state index is 14.5. The number of aryl methyl sites for hydroxylation is 2. The number of H-pyrrole nitrogens is 2. The lowest BCUT2D eigenvalue weighted by atomic mass is 10.0. The topological polar surface area (TPSA) is 84.2 Å². The molecule has 4 N–H and O–H groups in total. The molecule has 1 aliphatic carbocycles. The summed E-state index contributed by atoms with van der Waals surface area (Å²) in [5.74, 6) is -0.711. The van der Waals surface area contributed by atoms with Gasteiger partial charge in [-0.25, -0.2) is 9.87 Å². The number of fused-ring (bicyclic) bond motifs is 2. The van der Waals surface area contributed by atoms with Crippen LogP contribution in [0.15, 0.2) is 54.7 Å². The first kappa shape index (κ1) is 24.0. The van der Waals surface area contributed by atoms with Gasteiger partial charge in [-0.15, -0.1) is 0 Å². The third kappa shape index (κ3) is 4.72. The predicted molar refractivity (Wildman–Crippen MR) is 139 cm³/mol. The van der Waals surface area contributed by atoms with Gasteiger partial charge in [0.1, 0.15) is 5.82 Å². The maximum Gasteiger partial charge on any atom is 0.267 e. The summed E-state index contributed by atoms with van der Waals surface area (Å²) in [7, 11) is 0. The Morgan fingerprint density at radius 1 is 1.25 bits per heavy atom. The molecule has 4 aromatic rings. The first-order chi connectivity index (χ1) is 17.4. The molecule has 0 saturated heterocycles. The van der Waals surface area contributed by atoms with E-state index in [-0.39, 0.29) is 11.9 Å². The first-order valence-corrected chi connectivity index (χ1v) is 12.3. The fourth-order valence-electron chi connectivity index (χ4n) is 5.40. The van der Waals surface area contributed by atoms with Gasteiger partial charge in [-0.05, 0) is 67.5 Å². The summed E-state index contributed by atoms with van der Waals surface area (Å²) in [6.45, 7) is 5.10. The molecule has 0 aliphatic heterocycles. The van der Waals surface area contributed by atoms with Crippen molar-refractivity contribution in [2.24, 2.45) is 0 Å². The lowest BCUT2D eigenvalue weighted by Gasteiger charge is -2.30. The van der Waals surface area contributed by atoms with Gasteiger partial charge < -0.3 is 9.97 Å². The monoisotopic (exact) mass is 486 g/mol. The molecule has 0 spiro atoms. The highest BCUT2D eigenvalue weighted by atomic mass is 19.1. The van der Waals surface area contributed by atoms with Gasteiger partial charge in [-0.3, -0.25) is 14.9 Å². The Labute approximate surface area is 209 Å². The molecule has 186 valence electrons. The molecule has 1 atom stereocenters. The van der Waals surface area contributed by atoms with Crippen molar-refractivity contribution in [3.8, 4) is 0 Å². The van der Waals surface area contributed by atoms with Gasteiger partial charge in [0.05, 0.1) is 0 Å². The van der Waals surface area contributed by atoms with E-state index in [1.54, 1.807) is 18.5 Å². The molecule has 6 nitrogen and oxygen atoms in total. The van der Waals surface area contributed by atoms with Crippen LogP contribution in [0.1, 0.15) is 51.7 Å². The molecule has 0 bridgehead atoms. The van der Waals surface area contributed by atoms with Crippen molar-refractivity contribution < 1.29 is 14.4 Å². The average molecular weight is 487 g/mol. The Bertz CT molecular complexity index is 1430. The number of amides is 1. The van der Waals surface area contributed by atoms with Crippen LogP contribution in [0.3, 0.4) is 0 Å². The fraction of sp³-hybridized carbons (Fsp3) is 0.276. The van der Waals surface area contributed by atoms with Crippen LogP contribution >= 0.6 is 0 Å². The van der Waals surface area contributed by atoms with Crippen LogP contribution in [0.2, 0.25) is 0 Å². The quantitative estimate of drug-likeness (QED) is 0.151. The highest BCUT2D eigenvalue weighted by Gasteiger charge is 2.29. The normalized spacial score (nSPS) is 15.3. The van der Waals surface area contributed by atoms with Crippen molar-refractivity contribution in [2.45, 2.75) is 45.7 Å². The Kier molecular flexibility index (Phi) is 6.76. The molecule has 36 heavy (non-hydrogen) atoms. The third-order valence-electron chi connectivity index (χ3n) is 7.35. The molecular weight excluding hydrogens is 455 g/mol. The minimum Gasteiger partial charge on any atom is -0.361 e. The SMILES string of the molecule is Cc1[nH]c(CN(CCc2c[nH]c3ccccc23)C2CCc3cc(/C=C/C(=O)NO)ccc32)c(C)c1F. The molecule has 2 aromatic heterocycles.